The van der Waals surface area contributed by atoms with Crippen molar-refractivity contribution in [2.24, 2.45) is 5.92 Å². The van der Waals surface area contributed by atoms with Crippen molar-refractivity contribution in [3.63, 3.8) is 0 Å². The molecule has 4 nitrogen and oxygen atoms in total. The minimum Gasteiger partial charge on any atom is -0.438 e. The number of hydrogen-bond donors (Lipinski definition) is 1. The first kappa shape index (κ1) is 11.6. The molecule has 0 aromatic carbocycles. The lowest BCUT2D eigenvalue weighted by molar-refractivity contribution is 0.0919. The molecule has 16 heavy (non-hydrogen) atoms. The third kappa shape index (κ3) is 2.64. The molecule has 2 atom stereocenters. The first-order valence-corrected chi connectivity index (χ1v) is 6.40. The van der Waals surface area contributed by atoms with Crippen LogP contribution in [0.1, 0.15) is 35.5 Å². The summed E-state index contributed by atoms with van der Waals surface area (Å²) in [5, 5.41) is 2.89. The summed E-state index contributed by atoms with van der Waals surface area (Å²) < 4.78 is 5.03. The number of aromatic nitrogens is 1. The van der Waals surface area contributed by atoms with Crippen molar-refractivity contribution in [1.29, 1.82) is 0 Å². The number of hydrogen-bond acceptors (Lipinski definition) is 3. The molecule has 1 aliphatic rings. The van der Waals surface area contributed by atoms with Crippen molar-refractivity contribution >= 4 is 21.8 Å². The number of amides is 1. The molecule has 1 amide bonds. The topological polar surface area (TPSA) is 55.1 Å². The predicted molar refractivity (Wildman–Crippen MR) is 63.6 cm³/mol. The van der Waals surface area contributed by atoms with Crippen molar-refractivity contribution in [1.82, 2.24) is 10.3 Å². The van der Waals surface area contributed by atoms with Crippen molar-refractivity contribution in [3.8, 4) is 0 Å². The molecule has 2 rings (SSSR count). The Morgan fingerprint density at radius 2 is 2.50 bits per heavy atom. The van der Waals surface area contributed by atoms with Gasteiger partial charge in [-0.3, -0.25) is 4.79 Å². The van der Waals surface area contributed by atoms with Crippen LogP contribution < -0.4 is 5.32 Å². The summed E-state index contributed by atoms with van der Waals surface area (Å²) in [6, 6.07) is 0. The zero-order chi connectivity index (χ0) is 11.5. The first-order chi connectivity index (χ1) is 7.66. The molecule has 0 bridgehead atoms. The number of nitrogens with one attached hydrogen (secondary N) is 1. The Kier molecular flexibility index (Phi) is 3.63. The molecule has 5 heteroatoms. The molecular formula is C11H15BrN2O2. The van der Waals surface area contributed by atoms with Gasteiger partial charge in [0, 0.05) is 11.4 Å². The van der Waals surface area contributed by atoms with Crippen LogP contribution in [-0.2, 0) is 0 Å². The number of rotatable bonds is 3. The van der Waals surface area contributed by atoms with E-state index < -0.39 is 0 Å². The zero-order valence-corrected chi connectivity index (χ0v) is 10.8. The van der Waals surface area contributed by atoms with Crippen molar-refractivity contribution in [3.05, 3.63) is 17.8 Å². The monoisotopic (exact) mass is 286 g/mol. The summed E-state index contributed by atoms with van der Waals surface area (Å²) in [6.45, 7) is 2.49. The summed E-state index contributed by atoms with van der Waals surface area (Å²) in [5.74, 6) is 0.748. The van der Waals surface area contributed by atoms with Gasteiger partial charge in [-0.2, -0.15) is 0 Å². The van der Waals surface area contributed by atoms with Gasteiger partial charge in [0.15, 0.2) is 6.39 Å². The summed E-state index contributed by atoms with van der Waals surface area (Å²) in [6.07, 6.45) is 4.80. The van der Waals surface area contributed by atoms with Gasteiger partial charge < -0.3 is 9.73 Å². The van der Waals surface area contributed by atoms with Gasteiger partial charge in [0.25, 0.3) is 5.91 Å². The fourth-order valence-electron chi connectivity index (χ4n) is 2.04. The molecule has 1 aromatic rings. The first-order valence-electron chi connectivity index (χ1n) is 5.49. The summed E-state index contributed by atoms with van der Waals surface area (Å²) in [5.41, 5.74) is 0.641. The van der Waals surface area contributed by atoms with E-state index in [9.17, 15) is 4.79 Å². The van der Waals surface area contributed by atoms with Crippen molar-refractivity contribution in [2.75, 3.05) is 6.54 Å². The highest BCUT2D eigenvalue weighted by Crippen LogP contribution is 2.30. The molecule has 1 N–H and O–H groups in total. The van der Waals surface area contributed by atoms with Gasteiger partial charge in [0.05, 0.1) is 5.69 Å². The van der Waals surface area contributed by atoms with Gasteiger partial charge in [0.2, 0.25) is 5.76 Å². The van der Waals surface area contributed by atoms with E-state index in [1.54, 1.807) is 6.92 Å². The number of carbonyl (C=O) groups is 1. The second-order valence-electron chi connectivity index (χ2n) is 4.25. The molecule has 2 unspecified atom stereocenters. The maximum atomic E-state index is 11.7. The molecule has 1 saturated carbocycles. The smallest absolute Gasteiger partial charge is 0.289 e. The fourth-order valence-corrected chi connectivity index (χ4v) is 2.83. The van der Waals surface area contributed by atoms with Crippen molar-refractivity contribution in [2.45, 2.75) is 31.0 Å². The van der Waals surface area contributed by atoms with Crippen LogP contribution in [0.25, 0.3) is 0 Å². The Balaban J connectivity index is 1.82. The highest BCUT2D eigenvalue weighted by atomic mass is 79.9. The van der Waals surface area contributed by atoms with Crippen LogP contribution in [-0.4, -0.2) is 22.3 Å². The van der Waals surface area contributed by atoms with E-state index in [4.69, 9.17) is 4.42 Å². The lowest BCUT2D eigenvalue weighted by atomic mass is 10.1. The Labute approximate surface area is 103 Å². The Hall–Kier alpha value is -0.840. The van der Waals surface area contributed by atoms with E-state index in [1.165, 1.54) is 19.2 Å². The predicted octanol–water partition coefficient (Wildman–Crippen LogP) is 2.28. The third-order valence-corrected chi connectivity index (χ3v) is 3.81. The summed E-state index contributed by atoms with van der Waals surface area (Å²) in [7, 11) is 0. The van der Waals surface area contributed by atoms with E-state index in [-0.39, 0.29) is 5.91 Å². The van der Waals surface area contributed by atoms with Crippen LogP contribution in [0.15, 0.2) is 10.8 Å². The van der Waals surface area contributed by atoms with E-state index in [0.29, 0.717) is 22.2 Å². The highest BCUT2D eigenvalue weighted by Gasteiger charge is 2.23. The molecule has 88 valence electrons. The maximum Gasteiger partial charge on any atom is 0.289 e. The standard InChI is InChI=1S/C11H15BrN2O2/c1-7-10(16-6-14-7)11(15)13-5-8-2-3-9(12)4-8/h6,8-9H,2-5H2,1H3,(H,13,15). The molecule has 0 aliphatic heterocycles. The van der Waals surface area contributed by atoms with Crippen LogP contribution >= 0.6 is 15.9 Å². The molecule has 1 aliphatic carbocycles. The number of carbonyl (C=O) groups excluding carboxylic acids is 1. The normalized spacial score (nSPS) is 24.6. The van der Waals surface area contributed by atoms with Crippen LogP contribution in [0.3, 0.4) is 0 Å². The van der Waals surface area contributed by atoms with E-state index in [1.807, 2.05) is 0 Å². The summed E-state index contributed by atoms with van der Waals surface area (Å²) in [4.78, 5) is 16.2. The quantitative estimate of drug-likeness (QED) is 0.868. The Morgan fingerprint density at radius 3 is 3.06 bits per heavy atom. The Bertz CT molecular complexity index is 378. The zero-order valence-electron chi connectivity index (χ0n) is 9.20. The minimum atomic E-state index is -0.159. The SMILES string of the molecule is Cc1ncoc1C(=O)NCC1CCC(Br)C1. The van der Waals surface area contributed by atoms with Crippen molar-refractivity contribution < 1.29 is 9.21 Å². The highest BCUT2D eigenvalue weighted by molar-refractivity contribution is 9.09. The molecule has 1 fully saturated rings. The van der Waals surface area contributed by atoms with Gasteiger partial charge in [-0.05, 0) is 32.1 Å². The second kappa shape index (κ2) is 4.99. The van der Waals surface area contributed by atoms with Gasteiger partial charge in [-0.15, -0.1) is 0 Å². The maximum absolute atomic E-state index is 11.7. The molecule has 0 spiro atoms. The molecular weight excluding hydrogens is 272 g/mol. The molecule has 0 radical (unpaired) electrons. The largest absolute Gasteiger partial charge is 0.438 e. The summed E-state index contributed by atoms with van der Waals surface area (Å²) >= 11 is 3.59. The molecule has 1 aromatic heterocycles. The minimum absolute atomic E-state index is 0.159. The van der Waals surface area contributed by atoms with Gasteiger partial charge >= 0.3 is 0 Å². The number of halogens is 1. The number of alkyl halides is 1. The van der Waals surface area contributed by atoms with Gasteiger partial charge in [-0.25, -0.2) is 4.98 Å². The lowest BCUT2D eigenvalue weighted by Crippen LogP contribution is -2.28. The Morgan fingerprint density at radius 1 is 1.69 bits per heavy atom. The number of nitrogens with zero attached hydrogens (tertiary/aromatic N) is 1. The van der Waals surface area contributed by atoms with Gasteiger partial charge in [-0.1, -0.05) is 15.9 Å². The average molecular weight is 287 g/mol. The molecule has 0 saturated heterocycles. The van der Waals surface area contributed by atoms with E-state index in [2.05, 4.69) is 26.2 Å². The number of aryl methyl sites for hydroxylation is 1. The lowest BCUT2D eigenvalue weighted by Gasteiger charge is -2.09. The fraction of sp³-hybridized carbons (Fsp3) is 0.636. The van der Waals surface area contributed by atoms with Crippen LogP contribution in [0.4, 0.5) is 0 Å². The second-order valence-corrected chi connectivity index (χ2v) is 5.55. The van der Waals surface area contributed by atoms with E-state index in [0.717, 1.165) is 13.0 Å². The van der Waals surface area contributed by atoms with E-state index >= 15 is 0 Å². The number of oxazole rings is 1. The van der Waals surface area contributed by atoms with Crippen LogP contribution in [0.5, 0.6) is 0 Å². The third-order valence-electron chi connectivity index (χ3n) is 2.98. The van der Waals surface area contributed by atoms with Crippen LogP contribution in [0.2, 0.25) is 0 Å². The van der Waals surface area contributed by atoms with Gasteiger partial charge in [0.1, 0.15) is 0 Å². The van der Waals surface area contributed by atoms with Crippen LogP contribution in [0, 0.1) is 12.8 Å². The average Bonchev–Trinajstić information content (AvgIpc) is 2.84. The molecule has 1 heterocycles.